The molecule has 2 aliphatic heterocycles. The fourth-order valence-electron chi connectivity index (χ4n) is 6.46. The monoisotopic (exact) mass is 490 g/mol. The van der Waals surface area contributed by atoms with Crippen LogP contribution in [-0.2, 0) is 0 Å². The van der Waals surface area contributed by atoms with Crippen LogP contribution in [0.3, 0.4) is 0 Å². The zero-order valence-corrected chi connectivity index (χ0v) is 21.3. The van der Waals surface area contributed by atoms with Crippen molar-refractivity contribution in [2.75, 3.05) is 42.9 Å². The van der Waals surface area contributed by atoms with Crippen LogP contribution in [-0.4, -0.2) is 69.4 Å². The van der Waals surface area contributed by atoms with Gasteiger partial charge in [-0.3, -0.25) is 14.3 Å². The van der Waals surface area contributed by atoms with Gasteiger partial charge in [0.05, 0.1) is 11.5 Å². The largest absolute Gasteiger partial charge is 0.393 e. The van der Waals surface area contributed by atoms with Crippen LogP contribution >= 0.6 is 0 Å². The number of pyridine rings is 1. The first-order chi connectivity index (χ1) is 17.6. The molecule has 2 N–H and O–H groups in total. The van der Waals surface area contributed by atoms with Crippen molar-refractivity contribution in [3.8, 4) is 0 Å². The van der Waals surface area contributed by atoms with Crippen LogP contribution < -0.4 is 15.8 Å². The molecule has 0 unspecified atom stereocenters. The van der Waals surface area contributed by atoms with Gasteiger partial charge in [-0.15, -0.1) is 0 Å². The summed E-state index contributed by atoms with van der Waals surface area (Å²) in [5, 5.41) is 16.0. The van der Waals surface area contributed by atoms with Gasteiger partial charge in [0, 0.05) is 55.5 Å². The van der Waals surface area contributed by atoms with E-state index in [1.54, 1.807) is 0 Å². The number of rotatable bonds is 6. The zero-order valence-electron chi connectivity index (χ0n) is 21.3. The van der Waals surface area contributed by atoms with E-state index in [1.165, 1.54) is 19.4 Å². The van der Waals surface area contributed by atoms with E-state index in [-0.39, 0.29) is 17.7 Å². The lowest BCUT2D eigenvalue weighted by Gasteiger charge is -2.39. The van der Waals surface area contributed by atoms with Gasteiger partial charge in [-0.2, -0.15) is 4.98 Å². The van der Waals surface area contributed by atoms with Gasteiger partial charge in [0.15, 0.2) is 0 Å². The first-order valence-corrected chi connectivity index (χ1v) is 13.9. The van der Waals surface area contributed by atoms with E-state index >= 15 is 0 Å². The van der Waals surface area contributed by atoms with Crippen LogP contribution in [0, 0.1) is 0 Å². The maximum Gasteiger partial charge on any atom is 0.260 e. The molecule has 0 bridgehead atoms. The van der Waals surface area contributed by atoms with Crippen LogP contribution in [0.4, 0.5) is 11.6 Å². The Bertz CT molecular complexity index is 1300. The van der Waals surface area contributed by atoms with E-state index in [9.17, 15) is 9.90 Å². The maximum absolute atomic E-state index is 14.1. The molecule has 2 saturated heterocycles. The van der Waals surface area contributed by atoms with Gasteiger partial charge in [-0.1, -0.05) is 19.4 Å². The summed E-state index contributed by atoms with van der Waals surface area (Å²) in [5.41, 5.74) is 1.86. The summed E-state index contributed by atoms with van der Waals surface area (Å²) >= 11 is 0. The molecule has 1 aliphatic carbocycles. The second-order valence-electron chi connectivity index (χ2n) is 10.9. The average molecular weight is 491 g/mol. The summed E-state index contributed by atoms with van der Waals surface area (Å²) < 4.78 is 1.91. The van der Waals surface area contributed by atoms with Gasteiger partial charge >= 0.3 is 0 Å². The number of hydrogen-bond donors (Lipinski definition) is 2. The van der Waals surface area contributed by atoms with Gasteiger partial charge in [-0.25, -0.2) is 4.98 Å². The van der Waals surface area contributed by atoms with Crippen molar-refractivity contribution < 1.29 is 5.11 Å². The standard InChI is InChI=1S/C28H38N6O2/c1-2-3-12-29-28-30-17-25-23-11-8-20(33-15-14-32-13-4-5-21(32)18-33)16-24(23)27(36)34(26(25)31-28)19-6-9-22(35)10-7-19/h8,11,16-17,19,21-22,35H,2-7,9-10,12-15,18H2,1H3,(H,29,30,31)/t19?,21-,22?/m1/s1. The Hall–Kier alpha value is -2.71. The fraction of sp³-hybridized carbons (Fsp3) is 0.607. The molecule has 0 amide bonds. The van der Waals surface area contributed by atoms with Crippen molar-refractivity contribution in [2.24, 2.45) is 0 Å². The molecule has 8 nitrogen and oxygen atoms in total. The number of aliphatic hydroxyl groups is 1. The van der Waals surface area contributed by atoms with E-state index < -0.39 is 0 Å². The molecule has 1 saturated carbocycles. The Morgan fingerprint density at radius 1 is 1.03 bits per heavy atom. The lowest BCUT2D eigenvalue weighted by molar-refractivity contribution is 0.111. The predicted octanol–water partition coefficient (Wildman–Crippen LogP) is 3.92. The number of nitrogens with one attached hydrogen (secondary N) is 1. The number of anilines is 2. The zero-order chi connectivity index (χ0) is 24.6. The molecule has 0 radical (unpaired) electrons. The first kappa shape index (κ1) is 23.7. The van der Waals surface area contributed by atoms with E-state index in [0.717, 1.165) is 86.6 Å². The van der Waals surface area contributed by atoms with E-state index in [4.69, 9.17) is 4.98 Å². The van der Waals surface area contributed by atoms with Crippen molar-refractivity contribution in [1.82, 2.24) is 19.4 Å². The minimum Gasteiger partial charge on any atom is -0.393 e. The normalized spacial score (nSPS) is 24.9. The quantitative estimate of drug-likeness (QED) is 0.400. The summed E-state index contributed by atoms with van der Waals surface area (Å²) in [4.78, 5) is 28.6. The van der Waals surface area contributed by atoms with Gasteiger partial charge < -0.3 is 15.3 Å². The highest BCUT2D eigenvalue weighted by Gasteiger charge is 2.31. The highest BCUT2D eigenvalue weighted by molar-refractivity contribution is 6.05. The molecule has 1 aromatic carbocycles. The van der Waals surface area contributed by atoms with Crippen LogP contribution in [0.2, 0.25) is 0 Å². The molecule has 1 atom stereocenters. The average Bonchev–Trinajstić information content (AvgIpc) is 3.38. The topological polar surface area (TPSA) is 86.5 Å². The van der Waals surface area contributed by atoms with Crippen LogP contribution in [0.25, 0.3) is 21.8 Å². The molecule has 3 fully saturated rings. The third-order valence-electron chi connectivity index (χ3n) is 8.54. The summed E-state index contributed by atoms with van der Waals surface area (Å²) in [7, 11) is 0. The molecule has 36 heavy (non-hydrogen) atoms. The number of hydrogen-bond acceptors (Lipinski definition) is 7. The van der Waals surface area contributed by atoms with E-state index in [2.05, 4.69) is 45.2 Å². The van der Waals surface area contributed by atoms with Crippen molar-refractivity contribution in [3.05, 3.63) is 34.7 Å². The molecular weight excluding hydrogens is 452 g/mol. The smallest absolute Gasteiger partial charge is 0.260 e. The minimum atomic E-state index is -0.273. The van der Waals surface area contributed by atoms with Gasteiger partial charge in [-0.05, 0) is 69.0 Å². The summed E-state index contributed by atoms with van der Waals surface area (Å²) in [6, 6.07) is 7.03. The highest BCUT2D eigenvalue weighted by Crippen LogP contribution is 2.33. The lowest BCUT2D eigenvalue weighted by Crippen LogP contribution is -2.50. The van der Waals surface area contributed by atoms with Crippen LogP contribution in [0.1, 0.15) is 64.3 Å². The summed E-state index contributed by atoms with van der Waals surface area (Å²) in [5.74, 6) is 0.574. The number of fused-ring (bicyclic) bond motifs is 4. The fourth-order valence-corrected chi connectivity index (χ4v) is 6.46. The third-order valence-corrected chi connectivity index (χ3v) is 8.54. The molecule has 3 aromatic rings. The lowest BCUT2D eigenvalue weighted by atomic mass is 9.92. The molecule has 2 aromatic heterocycles. The molecule has 192 valence electrons. The number of unbranched alkanes of at least 4 members (excludes halogenated alkanes) is 1. The maximum atomic E-state index is 14.1. The van der Waals surface area contributed by atoms with Gasteiger partial charge in [0.2, 0.25) is 5.95 Å². The van der Waals surface area contributed by atoms with E-state index in [1.807, 2.05) is 10.8 Å². The predicted molar refractivity (Wildman–Crippen MR) is 145 cm³/mol. The van der Waals surface area contributed by atoms with Gasteiger partial charge in [0.25, 0.3) is 5.56 Å². The van der Waals surface area contributed by atoms with Crippen molar-refractivity contribution in [1.29, 1.82) is 0 Å². The number of benzene rings is 1. The second-order valence-corrected chi connectivity index (χ2v) is 10.9. The second kappa shape index (κ2) is 9.98. The third kappa shape index (κ3) is 4.34. The van der Waals surface area contributed by atoms with Crippen LogP contribution in [0.15, 0.2) is 29.2 Å². The molecule has 0 spiro atoms. The number of aromatic nitrogens is 3. The summed E-state index contributed by atoms with van der Waals surface area (Å²) in [6.45, 7) is 7.32. The molecule has 3 aliphatic rings. The Morgan fingerprint density at radius 3 is 2.72 bits per heavy atom. The van der Waals surface area contributed by atoms with E-state index in [0.29, 0.717) is 17.6 Å². The Labute approximate surface area is 212 Å². The van der Waals surface area contributed by atoms with Crippen LogP contribution in [0.5, 0.6) is 0 Å². The number of piperazine rings is 1. The van der Waals surface area contributed by atoms with Gasteiger partial charge in [0.1, 0.15) is 5.65 Å². The van der Waals surface area contributed by atoms with Crippen molar-refractivity contribution in [2.45, 2.75) is 76.5 Å². The highest BCUT2D eigenvalue weighted by atomic mass is 16.3. The van der Waals surface area contributed by atoms with Crippen molar-refractivity contribution in [3.63, 3.8) is 0 Å². The number of nitrogens with zero attached hydrogens (tertiary/aromatic N) is 5. The molecular formula is C28H38N6O2. The molecule has 4 heterocycles. The Kier molecular flexibility index (Phi) is 6.56. The molecule has 8 heteroatoms. The SMILES string of the molecule is CCCCNc1ncc2c3ccc(N4CCN5CCC[C@@H]5C4)cc3c(=O)n(C3CCC(O)CC3)c2n1. The number of aliphatic hydroxyl groups excluding tert-OH is 1. The Morgan fingerprint density at radius 2 is 1.89 bits per heavy atom. The Balaban J connectivity index is 1.44. The summed E-state index contributed by atoms with van der Waals surface area (Å²) in [6.07, 6.45) is 9.31. The molecule has 6 rings (SSSR count). The minimum absolute atomic E-state index is 0.0263. The first-order valence-electron chi connectivity index (χ1n) is 13.9. The van der Waals surface area contributed by atoms with Crippen molar-refractivity contribution >= 4 is 33.4 Å².